The molecule has 1 rings (SSSR count). The molecule has 1 aromatic carbocycles. The van der Waals surface area contributed by atoms with E-state index in [0.717, 1.165) is 12.1 Å². The Bertz CT molecular complexity index is 507. The van der Waals surface area contributed by atoms with E-state index in [2.05, 4.69) is 9.47 Å². The maximum atomic E-state index is 12.1. The van der Waals surface area contributed by atoms with Crippen LogP contribution in [0.3, 0.4) is 0 Å². The zero-order valence-electron chi connectivity index (χ0n) is 9.76. The van der Waals surface area contributed by atoms with Gasteiger partial charge in [-0.15, -0.1) is 0 Å². The molecule has 2 N–H and O–H groups in total. The Morgan fingerprint density at radius 3 is 2.63 bits per heavy atom. The van der Waals surface area contributed by atoms with Gasteiger partial charge in [0.05, 0.1) is 22.8 Å². The van der Waals surface area contributed by atoms with Crippen molar-refractivity contribution in [2.75, 3.05) is 12.3 Å². The Balaban J connectivity index is 3.29. The highest BCUT2D eigenvalue weighted by Gasteiger charge is 2.25. The molecule has 0 saturated carbocycles. The number of halogens is 2. The molecule has 0 aromatic heterocycles. The van der Waals surface area contributed by atoms with Crippen molar-refractivity contribution in [2.24, 2.45) is 0 Å². The van der Waals surface area contributed by atoms with Gasteiger partial charge in [-0.25, -0.2) is 4.79 Å². The van der Waals surface area contributed by atoms with Gasteiger partial charge in [-0.3, -0.25) is 10.1 Å². The molecule has 0 fully saturated rings. The molecular weight excluding hydrogens is 266 g/mol. The van der Waals surface area contributed by atoms with Crippen LogP contribution in [0.25, 0.3) is 0 Å². The van der Waals surface area contributed by atoms with Crippen molar-refractivity contribution in [1.82, 2.24) is 0 Å². The van der Waals surface area contributed by atoms with Gasteiger partial charge in [0.15, 0.2) is 0 Å². The summed E-state index contributed by atoms with van der Waals surface area (Å²) in [4.78, 5) is 21.2. The standard InChI is InChI=1S/C10H10F2N2O5/c1-2-18-9(15)5-3-6(13)8(19-10(11)12)7(4-5)14(16)17/h3-4,10H,2,13H2,1H3. The van der Waals surface area contributed by atoms with E-state index in [9.17, 15) is 23.7 Å². The largest absolute Gasteiger partial charge is 0.462 e. The number of nitro groups is 1. The van der Waals surface area contributed by atoms with Gasteiger partial charge in [-0.1, -0.05) is 0 Å². The van der Waals surface area contributed by atoms with Crippen LogP contribution in [0.1, 0.15) is 17.3 Å². The van der Waals surface area contributed by atoms with Crippen LogP contribution in [-0.2, 0) is 4.74 Å². The van der Waals surface area contributed by atoms with Crippen molar-refractivity contribution in [1.29, 1.82) is 0 Å². The van der Waals surface area contributed by atoms with Crippen molar-refractivity contribution in [3.05, 3.63) is 27.8 Å². The monoisotopic (exact) mass is 276 g/mol. The molecule has 0 radical (unpaired) electrons. The van der Waals surface area contributed by atoms with E-state index in [1.165, 1.54) is 0 Å². The molecule has 19 heavy (non-hydrogen) atoms. The van der Waals surface area contributed by atoms with E-state index in [4.69, 9.17) is 5.73 Å². The lowest BCUT2D eigenvalue weighted by atomic mass is 10.1. The average Bonchev–Trinajstić information content (AvgIpc) is 2.30. The number of carbonyl (C=O) groups excluding carboxylic acids is 1. The van der Waals surface area contributed by atoms with Crippen LogP contribution in [0, 0.1) is 10.1 Å². The molecule has 104 valence electrons. The summed E-state index contributed by atoms with van der Waals surface area (Å²) >= 11 is 0. The number of rotatable bonds is 5. The van der Waals surface area contributed by atoms with E-state index >= 15 is 0 Å². The summed E-state index contributed by atoms with van der Waals surface area (Å²) in [7, 11) is 0. The number of nitrogens with zero attached hydrogens (tertiary/aromatic N) is 1. The molecule has 0 aliphatic carbocycles. The van der Waals surface area contributed by atoms with Gasteiger partial charge in [-0.05, 0) is 13.0 Å². The lowest BCUT2D eigenvalue weighted by Gasteiger charge is -2.09. The second kappa shape index (κ2) is 5.94. The summed E-state index contributed by atoms with van der Waals surface area (Å²) in [5.74, 6) is -1.63. The normalized spacial score (nSPS) is 10.3. The van der Waals surface area contributed by atoms with E-state index in [-0.39, 0.29) is 12.2 Å². The van der Waals surface area contributed by atoms with Crippen LogP contribution in [0.5, 0.6) is 5.75 Å². The lowest BCUT2D eigenvalue weighted by Crippen LogP contribution is -2.10. The number of esters is 1. The third kappa shape index (κ3) is 3.50. The first-order chi connectivity index (χ1) is 8.86. The number of nitrogens with two attached hydrogens (primary N) is 1. The first kappa shape index (κ1) is 14.6. The number of benzene rings is 1. The Morgan fingerprint density at radius 2 is 2.16 bits per heavy atom. The number of alkyl halides is 2. The Kier molecular flexibility index (Phi) is 4.56. The molecule has 7 nitrogen and oxygen atoms in total. The quantitative estimate of drug-likeness (QED) is 0.381. The molecule has 0 heterocycles. The third-order valence-corrected chi connectivity index (χ3v) is 2.01. The SMILES string of the molecule is CCOC(=O)c1cc(N)c(OC(F)F)c([N+](=O)[O-])c1. The Hall–Kier alpha value is -2.45. The number of carbonyl (C=O) groups is 1. The Morgan fingerprint density at radius 1 is 1.53 bits per heavy atom. The maximum Gasteiger partial charge on any atom is 0.387 e. The van der Waals surface area contributed by atoms with Crippen molar-refractivity contribution in [3.63, 3.8) is 0 Å². The van der Waals surface area contributed by atoms with Crippen LogP contribution in [0.15, 0.2) is 12.1 Å². The summed E-state index contributed by atoms with van der Waals surface area (Å²) in [5.41, 5.74) is 3.88. The smallest absolute Gasteiger partial charge is 0.387 e. The van der Waals surface area contributed by atoms with Gasteiger partial charge in [0.2, 0.25) is 5.75 Å². The third-order valence-electron chi connectivity index (χ3n) is 2.01. The summed E-state index contributed by atoms with van der Waals surface area (Å²) in [6, 6.07) is 1.74. The zero-order valence-corrected chi connectivity index (χ0v) is 9.76. The van der Waals surface area contributed by atoms with E-state index in [1.54, 1.807) is 6.92 Å². The first-order valence-electron chi connectivity index (χ1n) is 5.06. The average molecular weight is 276 g/mol. The zero-order chi connectivity index (χ0) is 14.6. The number of ether oxygens (including phenoxy) is 2. The molecule has 9 heteroatoms. The first-order valence-corrected chi connectivity index (χ1v) is 5.06. The highest BCUT2D eigenvalue weighted by Crippen LogP contribution is 2.35. The second-order valence-corrected chi connectivity index (χ2v) is 3.27. The minimum absolute atomic E-state index is 0.0574. The fraction of sp³-hybridized carbons (Fsp3) is 0.300. The van der Waals surface area contributed by atoms with Gasteiger partial charge in [0, 0.05) is 6.07 Å². The van der Waals surface area contributed by atoms with Gasteiger partial charge < -0.3 is 15.2 Å². The van der Waals surface area contributed by atoms with Gasteiger partial charge in [-0.2, -0.15) is 8.78 Å². The minimum Gasteiger partial charge on any atom is -0.462 e. The minimum atomic E-state index is -3.27. The van der Waals surface area contributed by atoms with Crippen molar-refractivity contribution in [3.8, 4) is 5.75 Å². The van der Waals surface area contributed by atoms with Crippen LogP contribution in [-0.4, -0.2) is 24.1 Å². The number of nitrogen functional groups attached to an aromatic ring is 1. The van der Waals surface area contributed by atoms with Crippen molar-refractivity contribution < 1.29 is 28.0 Å². The summed E-state index contributed by atoms with van der Waals surface area (Å²) in [6.07, 6.45) is 0. The molecule has 0 atom stereocenters. The number of nitro benzene ring substituents is 1. The molecule has 0 aliphatic rings. The summed E-state index contributed by atoms with van der Waals surface area (Å²) in [6.45, 7) is -1.67. The number of anilines is 1. The van der Waals surface area contributed by atoms with E-state index in [0.29, 0.717) is 0 Å². The molecule has 0 unspecified atom stereocenters. The molecular formula is C10H10F2N2O5. The fourth-order valence-corrected chi connectivity index (χ4v) is 1.32. The highest BCUT2D eigenvalue weighted by atomic mass is 19.3. The predicted octanol–water partition coefficient (Wildman–Crippen LogP) is 1.96. The molecule has 0 amide bonds. The molecule has 1 aromatic rings. The van der Waals surface area contributed by atoms with Crippen LogP contribution < -0.4 is 10.5 Å². The van der Waals surface area contributed by atoms with Crippen LogP contribution in [0.2, 0.25) is 0 Å². The molecule has 0 bridgehead atoms. The topological polar surface area (TPSA) is 105 Å². The number of hydrogen-bond donors (Lipinski definition) is 1. The second-order valence-electron chi connectivity index (χ2n) is 3.27. The van der Waals surface area contributed by atoms with E-state index in [1.807, 2.05) is 0 Å². The highest BCUT2D eigenvalue weighted by molar-refractivity contribution is 5.92. The van der Waals surface area contributed by atoms with Gasteiger partial charge in [0.25, 0.3) is 0 Å². The molecule has 0 spiro atoms. The molecule has 0 saturated heterocycles. The molecule has 0 aliphatic heterocycles. The van der Waals surface area contributed by atoms with Gasteiger partial charge >= 0.3 is 18.3 Å². The fourth-order valence-electron chi connectivity index (χ4n) is 1.32. The summed E-state index contributed by atoms with van der Waals surface area (Å²) < 4.78 is 32.9. The van der Waals surface area contributed by atoms with Crippen LogP contribution in [0.4, 0.5) is 20.2 Å². The van der Waals surface area contributed by atoms with Gasteiger partial charge in [0.1, 0.15) is 0 Å². The van der Waals surface area contributed by atoms with E-state index < -0.39 is 34.6 Å². The van der Waals surface area contributed by atoms with Crippen molar-refractivity contribution in [2.45, 2.75) is 13.5 Å². The Labute approximate surface area is 106 Å². The maximum absolute atomic E-state index is 12.1. The predicted molar refractivity (Wildman–Crippen MR) is 60.1 cm³/mol. The van der Waals surface area contributed by atoms with Crippen LogP contribution >= 0.6 is 0 Å². The lowest BCUT2D eigenvalue weighted by molar-refractivity contribution is -0.386. The van der Waals surface area contributed by atoms with Crippen molar-refractivity contribution >= 4 is 17.3 Å². The summed E-state index contributed by atoms with van der Waals surface area (Å²) in [5, 5.41) is 10.8. The number of hydrogen-bond acceptors (Lipinski definition) is 6.